The molecule has 0 bridgehead atoms. The minimum Gasteiger partial charge on any atom is -0.494 e. The summed E-state index contributed by atoms with van der Waals surface area (Å²) in [4.78, 5) is 0. The molecule has 1 rings (SSSR count). The highest BCUT2D eigenvalue weighted by Crippen LogP contribution is 2.30. The molecule has 0 aliphatic rings. The van der Waals surface area contributed by atoms with Gasteiger partial charge in [0.1, 0.15) is 5.75 Å². The second-order valence-corrected chi connectivity index (χ2v) is 3.87. The Labute approximate surface area is 95.9 Å². The Morgan fingerprint density at radius 2 is 1.88 bits per heavy atom. The normalized spacial score (nSPS) is 10.6. The third-order valence-electron chi connectivity index (χ3n) is 2.42. The molecule has 0 aliphatic carbocycles. The van der Waals surface area contributed by atoms with Crippen LogP contribution in [0.2, 0.25) is 0 Å². The molecule has 0 spiro atoms. The second-order valence-electron chi connectivity index (χ2n) is 3.87. The van der Waals surface area contributed by atoms with Crippen LogP contribution in [0, 0.1) is 13.8 Å². The van der Waals surface area contributed by atoms with Gasteiger partial charge in [0, 0.05) is 0 Å². The van der Waals surface area contributed by atoms with Crippen LogP contribution in [0.15, 0.2) is 12.1 Å². The molecule has 4 heteroatoms. The predicted molar refractivity (Wildman–Crippen MR) is 64.1 cm³/mol. The summed E-state index contributed by atoms with van der Waals surface area (Å²) >= 11 is 0. The fourth-order valence-electron chi connectivity index (χ4n) is 1.70. The monoisotopic (exact) mass is 225 g/mol. The number of aryl methyl sites for hydroxylation is 2. The third kappa shape index (κ3) is 2.87. The number of aliphatic hydroxyl groups is 2. The molecule has 0 fully saturated rings. The first-order chi connectivity index (χ1) is 7.62. The first-order valence-electron chi connectivity index (χ1n) is 5.25. The average molecular weight is 225 g/mol. The highest BCUT2D eigenvalue weighted by atomic mass is 16.5. The number of nitrogens with one attached hydrogen (secondary N) is 1. The molecule has 0 radical (unpaired) electrons. The Morgan fingerprint density at radius 1 is 1.25 bits per heavy atom. The molecule has 16 heavy (non-hydrogen) atoms. The van der Waals surface area contributed by atoms with Gasteiger partial charge in [0.05, 0.1) is 32.1 Å². The van der Waals surface area contributed by atoms with Gasteiger partial charge >= 0.3 is 0 Å². The molecule has 3 N–H and O–H groups in total. The quantitative estimate of drug-likeness (QED) is 0.701. The topological polar surface area (TPSA) is 61.7 Å². The molecule has 0 aliphatic heterocycles. The molecule has 0 atom stereocenters. The number of hydrogen-bond donors (Lipinski definition) is 3. The van der Waals surface area contributed by atoms with Gasteiger partial charge < -0.3 is 20.3 Å². The lowest BCUT2D eigenvalue weighted by Crippen LogP contribution is -2.28. The largest absolute Gasteiger partial charge is 0.494 e. The van der Waals surface area contributed by atoms with Crippen molar-refractivity contribution >= 4 is 5.69 Å². The minimum atomic E-state index is -0.366. The van der Waals surface area contributed by atoms with Gasteiger partial charge in [0.15, 0.2) is 0 Å². The van der Waals surface area contributed by atoms with E-state index in [2.05, 4.69) is 5.32 Å². The lowest BCUT2D eigenvalue weighted by molar-refractivity contribution is 0.203. The number of aliphatic hydroxyl groups excluding tert-OH is 2. The standard InChI is InChI=1S/C12H19NO3/c1-8-4-9(2)12(16-3)11(5-8)13-10(6-14)7-15/h4-5,10,13-15H,6-7H2,1-3H3. The molecular weight excluding hydrogens is 206 g/mol. The van der Waals surface area contributed by atoms with Crippen LogP contribution in [-0.2, 0) is 0 Å². The summed E-state index contributed by atoms with van der Waals surface area (Å²) in [6, 6.07) is 3.59. The molecule has 1 aromatic rings. The molecule has 0 unspecified atom stereocenters. The van der Waals surface area contributed by atoms with Gasteiger partial charge in [-0.25, -0.2) is 0 Å². The van der Waals surface area contributed by atoms with E-state index < -0.39 is 0 Å². The lowest BCUT2D eigenvalue weighted by atomic mass is 10.1. The molecule has 4 nitrogen and oxygen atoms in total. The van der Waals surface area contributed by atoms with E-state index in [1.54, 1.807) is 7.11 Å². The van der Waals surface area contributed by atoms with E-state index in [-0.39, 0.29) is 19.3 Å². The molecule has 0 aromatic heterocycles. The number of ether oxygens (including phenoxy) is 1. The van der Waals surface area contributed by atoms with E-state index in [1.807, 2.05) is 26.0 Å². The van der Waals surface area contributed by atoms with Crippen LogP contribution < -0.4 is 10.1 Å². The zero-order valence-electron chi connectivity index (χ0n) is 9.95. The Morgan fingerprint density at radius 3 is 2.38 bits per heavy atom. The van der Waals surface area contributed by atoms with Crippen LogP contribution in [0.4, 0.5) is 5.69 Å². The minimum absolute atomic E-state index is 0.118. The van der Waals surface area contributed by atoms with Gasteiger partial charge in [0.2, 0.25) is 0 Å². The second kappa shape index (κ2) is 5.72. The van der Waals surface area contributed by atoms with E-state index in [4.69, 9.17) is 14.9 Å². The maximum atomic E-state index is 9.03. The van der Waals surface area contributed by atoms with Crippen LogP contribution in [0.1, 0.15) is 11.1 Å². The van der Waals surface area contributed by atoms with Gasteiger partial charge in [0.25, 0.3) is 0 Å². The van der Waals surface area contributed by atoms with E-state index in [1.165, 1.54) is 0 Å². The molecule has 0 saturated heterocycles. The lowest BCUT2D eigenvalue weighted by Gasteiger charge is -2.19. The summed E-state index contributed by atoms with van der Waals surface area (Å²) in [5.41, 5.74) is 2.93. The Bertz CT molecular complexity index is 348. The Hall–Kier alpha value is -1.26. The van der Waals surface area contributed by atoms with Crippen molar-refractivity contribution in [2.75, 3.05) is 25.6 Å². The Kier molecular flexibility index (Phi) is 4.58. The predicted octanol–water partition coefficient (Wildman–Crippen LogP) is 1.08. The van der Waals surface area contributed by atoms with Crippen molar-refractivity contribution in [2.24, 2.45) is 0 Å². The van der Waals surface area contributed by atoms with E-state index >= 15 is 0 Å². The summed E-state index contributed by atoms with van der Waals surface area (Å²) < 4.78 is 5.30. The smallest absolute Gasteiger partial charge is 0.144 e. The van der Waals surface area contributed by atoms with Crippen molar-refractivity contribution in [1.82, 2.24) is 0 Å². The fraction of sp³-hybridized carbons (Fsp3) is 0.500. The summed E-state index contributed by atoms with van der Waals surface area (Å²) in [6.07, 6.45) is 0. The van der Waals surface area contributed by atoms with Crippen LogP contribution in [-0.4, -0.2) is 36.6 Å². The van der Waals surface area contributed by atoms with Crippen LogP contribution in [0.5, 0.6) is 5.75 Å². The molecule has 90 valence electrons. The number of anilines is 1. The zero-order valence-corrected chi connectivity index (χ0v) is 9.95. The van der Waals surface area contributed by atoms with E-state index in [9.17, 15) is 0 Å². The number of methoxy groups -OCH3 is 1. The van der Waals surface area contributed by atoms with Gasteiger partial charge in [-0.1, -0.05) is 6.07 Å². The summed E-state index contributed by atoms with van der Waals surface area (Å²) in [5.74, 6) is 0.748. The van der Waals surface area contributed by atoms with Crippen molar-refractivity contribution in [3.63, 3.8) is 0 Å². The van der Waals surface area contributed by atoms with Crippen molar-refractivity contribution in [3.05, 3.63) is 23.3 Å². The van der Waals surface area contributed by atoms with Crippen molar-refractivity contribution in [2.45, 2.75) is 19.9 Å². The van der Waals surface area contributed by atoms with Gasteiger partial charge in [-0.3, -0.25) is 0 Å². The van der Waals surface area contributed by atoms with Crippen molar-refractivity contribution < 1.29 is 14.9 Å². The van der Waals surface area contributed by atoms with Gasteiger partial charge in [-0.15, -0.1) is 0 Å². The third-order valence-corrected chi connectivity index (χ3v) is 2.42. The number of rotatable bonds is 5. The average Bonchev–Trinajstić information content (AvgIpc) is 2.25. The SMILES string of the molecule is COc1c(C)cc(C)cc1NC(CO)CO. The van der Waals surface area contributed by atoms with Crippen molar-refractivity contribution in [1.29, 1.82) is 0 Å². The van der Waals surface area contributed by atoms with Crippen LogP contribution in [0.25, 0.3) is 0 Å². The summed E-state index contributed by atoms with van der Waals surface area (Å²) in [5, 5.41) is 21.1. The molecule has 0 amide bonds. The molecule has 0 saturated carbocycles. The van der Waals surface area contributed by atoms with Gasteiger partial charge in [-0.2, -0.15) is 0 Å². The van der Waals surface area contributed by atoms with Crippen molar-refractivity contribution in [3.8, 4) is 5.75 Å². The Balaban J connectivity index is 3.01. The first kappa shape index (κ1) is 12.8. The summed E-state index contributed by atoms with van der Waals surface area (Å²) in [7, 11) is 1.61. The maximum absolute atomic E-state index is 9.03. The highest BCUT2D eigenvalue weighted by Gasteiger charge is 2.11. The van der Waals surface area contributed by atoms with E-state index in [0.717, 1.165) is 22.6 Å². The fourth-order valence-corrected chi connectivity index (χ4v) is 1.70. The molecule has 0 heterocycles. The zero-order chi connectivity index (χ0) is 12.1. The van der Waals surface area contributed by atoms with Gasteiger partial charge in [-0.05, 0) is 31.0 Å². The maximum Gasteiger partial charge on any atom is 0.144 e. The first-order valence-corrected chi connectivity index (χ1v) is 5.25. The van der Waals surface area contributed by atoms with E-state index in [0.29, 0.717) is 0 Å². The molecule has 1 aromatic carbocycles. The van der Waals surface area contributed by atoms with Crippen LogP contribution in [0.3, 0.4) is 0 Å². The summed E-state index contributed by atoms with van der Waals surface area (Å²) in [6.45, 7) is 3.72. The number of benzene rings is 1. The molecular formula is C12H19NO3. The number of hydrogen-bond acceptors (Lipinski definition) is 4. The highest BCUT2D eigenvalue weighted by molar-refractivity contribution is 5.62. The van der Waals surface area contributed by atoms with Crippen LogP contribution >= 0.6 is 0 Å².